The summed E-state index contributed by atoms with van der Waals surface area (Å²) >= 11 is 0. The zero-order valence-corrected chi connectivity index (χ0v) is 18.2. The third kappa shape index (κ3) is 5.70. The Labute approximate surface area is 185 Å². The van der Waals surface area contributed by atoms with Gasteiger partial charge in [-0.05, 0) is 55.0 Å². The second-order valence-electron chi connectivity index (χ2n) is 7.83. The lowest BCUT2D eigenvalue weighted by Gasteiger charge is -2.36. The maximum Gasteiger partial charge on any atom is 0.255 e. The fraction of sp³-hybridized carbons (Fsp3) is 0.455. The zero-order valence-electron chi connectivity index (χ0n) is 16.6. The molecule has 1 amide bonds. The Morgan fingerprint density at radius 2 is 1.79 bits per heavy atom. The number of nitrogens with zero attached hydrogens (tertiary/aromatic N) is 3. The van der Waals surface area contributed by atoms with Gasteiger partial charge in [0.05, 0.1) is 5.56 Å². The van der Waals surface area contributed by atoms with Gasteiger partial charge >= 0.3 is 0 Å². The van der Waals surface area contributed by atoms with Gasteiger partial charge in [0.15, 0.2) is 0 Å². The molecule has 0 unspecified atom stereocenters. The van der Waals surface area contributed by atoms with Gasteiger partial charge in [-0.2, -0.15) is 0 Å². The first-order chi connectivity index (χ1) is 13.2. The van der Waals surface area contributed by atoms with Gasteiger partial charge in [-0.25, -0.2) is 0 Å². The summed E-state index contributed by atoms with van der Waals surface area (Å²) in [6.07, 6.45) is 6.71. The van der Waals surface area contributed by atoms with Crippen LogP contribution in [0.15, 0.2) is 48.8 Å². The molecule has 3 fully saturated rings. The van der Waals surface area contributed by atoms with Crippen LogP contribution in [0.25, 0.3) is 0 Å². The molecule has 3 aliphatic heterocycles. The number of hydrogen-bond acceptors (Lipinski definition) is 4. The predicted octanol–water partition coefficient (Wildman–Crippen LogP) is 3.16. The average Bonchev–Trinajstić information content (AvgIpc) is 3.02. The van der Waals surface area contributed by atoms with Crippen molar-refractivity contribution in [2.45, 2.75) is 31.8 Å². The third-order valence-electron chi connectivity index (χ3n) is 5.86. The SMILES string of the molecule is Cl.Cl.NCCc1ccc(CN2C[C@H]3CC[C@@H]2CN(C(=O)c2cccnc2)C3)cc1. The second kappa shape index (κ2) is 10.9. The average molecular weight is 437 g/mol. The van der Waals surface area contributed by atoms with Crippen molar-refractivity contribution in [2.24, 2.45) is 11.7 Å². The monoisotopic (exact) mass is 436 g/mol. The molecule has 158 valence electrons. The fourth-order valence-corrected chi connectivity index (χ4v) is 4.42. The summed E-state index contributed by atoms with van der Waals surface area (Å²) in [5.41, 5.74) is 8.98. The number of aromatic nitrogens is 1. The molecule has 4 heterocycles. The quantitative estimate of drug-likeness (QED) is 0.781. The van der Waals surface area contributed by atoms with Crippen LogP contribution in [0.4, 0.5) is 0 Å². The highest BCUT2D eigenvalue weighted by molar-refractivity contribution is 5.94. The van der Waals surface area contributed by atoms with E-state index < -0.39 is 0 Å². The number of carbonyl (C=O) groups excluding carboxylic acids is 1. The lowest BCUT2D eigenvalue weighted by molar-refractivity contribution is 0.0735. The number of rotatable bonds is 5. The summed E-state index contributed by atoms with van der Waals surface area (Å²) in [5.74, 6) is 0.675. The summed E-state index contributed by atoms with van der Waals surface area (Å²) in [5, 5.41) is 0. The van der Waals surface area contributed by atoms with Crippen molar-refractivity contribution in [1.29, 1.82) is 0 Å². The molecule has 29 heavy (non-hydrogen) atoms. The lowest BCUT2D eigenvalue weighted by atomic mass is 9.94. The number of halogens is 2. The van der Waals surface area contributed by atoms with Crippen LogP contribution in [0, 0.1) is 5.92 Å². The Morgan fingerprint density at radius 3 is 2.48 bits per heavy atom. The van der Waals surface area contributed by atoms with Crippen molar-refractivity contribution in [3.05, 3.63) is 65.5 Å². The van der Waals surface area contributed by atoms with Crippen molar-refractivity contribution in [1.82, 2.24) is 14.8 Å². The number of nitrogens with two attached hydrogens (primary N) is 1. The predicted molar refractivity (Wildman–Crippen MR) is 121 cm³/mol. The molecule has 2 N–H and O–H groups in total. The normalized spacial score (nSPS) is 21.1. The molecule has 7 heteroatoms. The Morgan fingerprint density at radius 1 is 1.03 bits per heavy atom. The number of benzene rings is 1. The van der Waals surface area contributed by atoms with E-state index in [-0.39, 0.29) is 30.7 Å². The van der Waals surface area contributed by atoms with Crippen molar-refractivity contribution >= 4 is 30.7 Å². The molecule has 0 spiro atoms. The lowest BCUT2D eigenvalue weighted by Crippen LogP contribution is -2.43. The minimum Gasteiger partial charge on any atom is -0.337 e. The van der Waals surface area contributed by atoms with Crippen molar-refractivity contribution in [2.75, 3.05) is 26.2 Å². The summed E-state index contributed by atoms with van der Waals surface area (Å²) in [4.78, 5) is 21.6. The number of amides is 1. The molecule has 3 aliphatic rings. The summed E-state index contributed by atoms with van der Waals surface area (Å²) in [7, 11) is 0. The van der Waals surface area contributed by atoms with E-state index in [0.717, 1.165) is 32.6 Å². The van der Waals surface area contributed by atoms with E-state index in [4.69, 9.17) is 5.73 Å². The molecule has 3 saturated heterocycles. The highest BCUT2D eigenvalue weighted by Gasteiger charge is 2.36. The largest absolute Gasteiger partial charge is 0.337 e. The van der Waals surface area contributed by atoms with Crippen LogP contribution < -0.4 is 5.73 Å². The minimum absolute atomic E-state index is 0. The van der Waals surface area contributed by atoms with Gasteiger partial charge in [-0.3, -0.25) is 14.7 Å². The van der Waals surface area contributed by atoms with E-state index in [0.29, 0.717) is 24.1 Å². The van der Waals surface area contributed by atoms with Gasteiger partial charge in [0, 0.05) is 44.6 Å². The Hall–Kier alpha value is -1.66. The number of piperidine rings is 1. The highest BCUT2D eigenvalue weighted by Crippen LogP contribution is 2.30. The van der Waals surface area contributed by atoms with Gasteiger partial charge in [0.25, 0.3) is 5.91 Å². The zero-order chi connectivity index (χ0) is 18.6. The van der Waals surface area contributed by atoms with Crippen LogP contribution in [0.1, 0.15) is 34.3 Å². The summed E-state index contributed by atoms with van der Waals surface area (Å²) in [6.45, 7) is 4.40. The Kier molecular flexibility index (Phi) is 8.90. The van der Waals surface area contributed by atoms with E-state index in [9.17, 15) is 4.79 Å². The molecule has 1 aromatic carbocycles. The molecule has 5 nitrogen and oxygen atoms in total. The Balaban J connectivity index is 0.00000150. The smallest absolute Gasteiger partial charge is 0.255 e. The van der Waals surface area contributed by atoms with Gasteiger partial charge < -0.3 is 10.6 Å². The maximum absolute atomic E-state index is 12.9. The van der Waals surface area contributed by atoms with E-state index in [1.807, 2.05) is 17.0 Å². The molecule has 1 aromatic heterocycles. The second-order valence-corrected chi connectivity index (χ2v) is 7.83. The number of carbonyl (C=O) groups is 1. The molecular formula is C22H30Cl2N4O. The van der Waals surface area contributed by atoms with Crippen LogP contribution in [0.2, 0.25) is 0 Å². The first-order valence-corrected chi connectivity index (χ1v) is 9.94. The molecule has 0 saturated carbocycles. The minimum atomic E-state index is 0. The molecule has 2 atom stereocenters. The van der Waals surface area contributed by atoms with Crippen LogP contribution >= 0.6 is 24.8 Å². The maximum atomic E-state index is 12.9. The highest BCUT2D eigenvalue weighted by atomic mass is 35.5. The number of hydrogen-bond donors (Lipinski definition) is 1. The van der Waals surface area contributed by atoms with Crippen LogP contribution in [-0.4, -0.2) is 52.9 Å². The van der Waals surface area contributed by atoms with E-state index >= 15 is 0 Å². The Bertz CT molecular complexity index is 772. The third-order valence-corrected chi connectivity index (χ3v) is 5.86. The molecule has 2 bridgehead atoms. The van der Waals surface area contributed by atoms with Crippen LogP contribution in [0.5, 0.6) is 0 Å². The van der Waals surface area contributed by atoms with E-state index in [1.165, 1.54) is 24.0 Å². The van der Waals surface area contributed by atoms with Crippen molar-refractivity contribution < 1.29 is 4.79 Å². The number of pyridine rings is 1. The van der Waals surface area contributed by atoms with Crippen molar-refractivity contribution in [3.63, 3.8) is 0 Å². The summed E-state index contributed by atoms with van der Waals surface area (Å²) in [6, 6.07) is 13.0. The number of fused-ring (bicyclic) bond motifs is 4. The molecular weight excluding hydrogens is 407 g/mol. The van der Waals surface area contributed by atoms with Gasteiger partial charge in [-0.1, -0.05) is 24.3 Å². The van der Waals surface area contributed by atoms with Gasteiger partial charge in [0.1, 0.15) is 0 Å². The first-order valence-electron chi connectivity index (χ1n) is 9.94. The van der Waals surface area contributed by atoms with Crippen molar-refractivity contribution in [3.8, 4) is 0 Å². The van der Waals surface area contributed by atoms with Crippen LogP contribution in [0.3, 0.4) is 0 Å². The molecule has 5 rings (SSSR count). The fourth-order valence-electron chi connectivity index (χ4n) is 4.42. The van der Waals surface area contributed by atoms with E-state index in [1.54, 1.807) is 12.4 Å². The molecule has 2 aromatic rings. The molecule has 0 radical (unpaired) electrons. The summed E-state index contributed by atoms with van der Waals surface area (Å²) < 4.78 is 0. The topological polar surface area (TPSA) is 62.5 Å². The van der Waals surface area contributed by atoms with Crippen LogP contribution in [-0.2, 0) is 13.0 Å². The molecule has 0 aliphatic carbocycles. The standard InChI is InChI=1S/C22H28N4O.2ClH/c23-10-9-17-3-5-18(6-4-17)13-25-14-19-7-8-21(25)16-26(15-19)22(27)20-2-1-11-24-12-20;;/h1-6,11-12,19,21H,7-10,13-16,23H2;2*1H/t19-,21-;;/m1../s1. The van der Waals surface area contributed by atoms with Gasteiger partial charge in [0.2, 0.25) is 0 Å². The van der Waals surface area contributed by atoms with Gasteiger partial charge in [-0.15, -0.1) is 24.8 Å². The first kappa shape index (κ1) is 23.6. The van der Waals surface area contributed by atoms with E-state index in [2.05, 4.69) is 34.1 Å².